The Morgan fingerprint density at radius 3 is 1.71 bits per heavy atom. The number of carboxylic acid groups (broad SMARTS) is 1. The second-order valence-corrected chi connectivity index (χ2v) is 3.02. The van der Waals surface area contributed by atoms with Crippen molar-refractivity contribution in [2.24, 2.45) is 0 Å². The van der Waals surface area contributed by atoms with Gasteiger partial charge in [-0.05, 0) is 12.1 Å². The molecule has 0 aliphatic carbocycles. The number of rotatable bonds is 3. The minimum atomic E-state index is -1.40. The van der Waals surface area contributed by atoms with E-state index in [0.717, 1.165) is 14.2 Å². The first-order chi connectivity index (χ1) is 8.02. The van der Waals surface area contributed by atoms with Crippen molar-refractivity contribution in [1.82, 2.24) is 0 Å². The highest BCUT2D eigenvalue weighted by molar-refractivity contribution is 6.09. The zero-order valence-corrected chi connectivity index (χ0v) is 9.22. The van der Waals surface area contributed by atoms with Gasteiger partial charge in [-0.2, -0.15) is 0 Å². The second-order valence-electron chi connectivity index (χ2n) is 3.02. The average molecular weight is 238 g/mol. The first kappa shape index (κ1) is 12.7. The largest absolute Gasteiger partial charge is 0.478 e. The molecule has 0 saturated heterocycles. The molecule has 6 heteroatoms. The van der Waals surface area contributed by atoms with Crippen molar-refractivity contribution in [1.29, 1.82) is 0 Å². The first-order valence-corrected chi connectivity index (χ1v) is 4.55. The standard InChI is InChI=1S/C11H10O6/c1-16-10(14)6-4-3-5-7(11(15)17-2)8(6)9(12)13/h3-5H,1-2H3,(H,12,13). The van der Waals surface area contributed by atoms with Crippen LogP contribution in [0.5, 0.6) is 0 Å². The van der Waals surface area contributed by atoms with Crippen LogP contribution < -0.4 is 0 Å². The fourth-order valence-electron chi connectivity index (χ4n) is 1.34. The lowest BCUT2D eigenvalue weighted by molar-refractivity contribution is 0.0567. The highest BCUT2D eigenvalue weighted by Crippen LogP contribution is 2.17. The highest BCUT2D eigenvalue weighted by Gasteiger charge is 2.24. The quantitative estimate of drug-likeness (QED) is 0.788. The van der Waals surface area contributed by atoms with Crippen molar-refractivity contribution in [3.8, 4) is 0 Å². The summed E-state index contributed by atoms with van der Waals surface area (Å²) in [4.78, 5) is 33.8. The Kier molecular flexibility index (Phi) is 3.82. The van der Waals surface area contributed by atoms with Crippen LogP contribution in [0.4, 0.5) is 0 Å². The van der Waals surface area contributed by atoms with Crippen LogP contribution in [-0.2, 0) is 9.47 Å². The van der Waals surface area contributed by atoms with Crippen LogP contribution in [0.2, 0.25) is 0 Å². The van der Waals surface area contributed by atoms with Crippen molar-refractivity contribution in [3.05, 3.63) is 34.9 Å². The van der Waals surface area contributed by atoms with Gasteiger partial charge in [-0.25, -0.2) is 14.4 Å². The van der Waals surface area contributed by atoms with Gasteiger partial charge in [-0.1, -0.05) is 6.07 Å². The van der Waals surface area contributed by atoms with Crippen molar-refractivity contribution in [2.45, 2.75) is 0 Å². The first-order valence-electron chi connectivity index (χ1n) is 4.55. The normalized spacial score (nSPS) is 9.53. The van der Waals surface area contributed by atoms with E-state index in [1.54, 1.807) is 0 Å². The van der Waals surface area contributed by atoms with Crippen LogP contribution in [-0.4, -0.2) is 37.2 Å². The molecule has 0 atom stereocenters. The van der Waals surface area contributed by atoms with E-state index in [9.17, 15) is 14.4 Å². The van der Waals surface area contributed by atoms with Gasteiger partial charge in [0, 0.05) is 0 Å². The number of aromatic carboxylic acids is 1. The van der Waals surface area contributed by atoms with E-state index in [1.165, 1.54) is 18.2 Å². The molecule has 0 radical (unpaired) electrons. The maximum atomic E-state index is 11.4. The maximum absolute atomic E-state index is 11.4. The second kappa shape index (κ2) is 5.11. The lowest BCUT2D eigenvalue weighted by Gasteiger charge is -2.08. The third-order valence-electron chi connectivity index (χ3n) is 2.09. The molecule has 1 rings (SSSR count). The third kappa shape index (κ3) is 2.41. The molecular weight excluding hydrogens is 228 g/mol. The number of methoxy groups -OCH3 is 2. The summed E-state index contributed by atoms with van der Waals surface area (Å²) < 4.78 is 8.88. The maximum Gasteiger partial charge on any atom is 0.338 e. The summed E-state index contributed by atoms with van der Waals surface area (Å²) >= 11 is 0. The monoisotopic (exact) mass is 238 g/mol. The third-order valence-corrected chi connectivity index (χ3v) is 2.09. The number of esters is 2. The summed E-state index contributed by atoms with van der Waals surface area (Å²) in [5.41, 5.74) is -0.808. The topological polar surface area (TPSA) is 89.9 Å². The van der Waals surface area contributed by atoms with Gasteiger partial charge in [0.25, 0.3) is 0 Å². The van der Waals surface area contributed by atoms with Crippen molar-refractivity contribution < 1.29 is 29.0 Å². The number of carbonyl (C=O) groups excluding carboxylic acids is 2. The molecule has 0 spiro atoms. The molecule has 0 saturated carbocycles. The van der Waals surface area contributed by atoms with Gasteiger partial charge in [-0.3, -0.25) is 0 Å². The predicted molar refractivity (Wildman–Crippen MR) is 56.1 cm³/mol. The Labute approximate surface area is 96.8 Å². The molecule has 0 amide bonds. The van der Waals surface area contributed by atoms with E-state index in [-0.39, 0.29) is 11.1 Å². The molecule has 17 heavy (non-hydrogen) atoms. The van der Waals surface area contributed by atoms with Crippen LogP contribution in [0.25, 0.3) is 0 Å². The lowest BCUT2D eigenvalue weighted by Crippen LogP contribution is -2.16. The minimum absolute atomic E-state index is 0.192. The Morgan fingerprint density at radius 2 is 1.41 bits per heavy atom. The van der Waals surface area contributed by atoms with Crippen LogP contribution in [0, 0.1) is 0 Å². The van der Waals surface area contributed by atoms with E-state index < -0.39 is 23.5 Å². The van der Waals surface area contributed by atoms with E-state index in [2.05, 4.69) is 9.47 Å². The molecule has 0 unspecified atom stereocenters. The summed E-state index contributed by atoms with van der Waals surface area (Å²) in [5.74, 6) is -3.05. The molecule has 0 heterocycles. The number of hydrogen-bond acceptors (Lipinski definition) is 5. The Morgan fingerprint density at radius 1 is 1.00 bits per heavy atom. The SMILES string of the molecule is COC(=O)c1cccc(C(=O)OC)c1C(=O)O. The molecule has 0 aromatic heterocycles. The number of benzene rings is 1. The Hall–Kier alpha value is -2.37. The van der Waals surface area contributed by atoms with Gasteiger partial charge >= 0.3 is 17.9 Å². The molecule has 0 aliphatic heterocycles. The summed E-state index contributed by atoms with van der Waals surface area (Å²) in [7, 11) is 2.25. The van der Waals surface area contributed by atoms with Crippen LogP contribution >= 0.6 is 0 Å². The molecule has 1 aromatic rings. The van der Waals surface area contributed by atoms with E-state index >= 15 is 0 Å². The molecular formula is C11H10O6. The summed E-state index contributed by atoms with van der Waals surface area (Å²) in [6, 6.07) is 3.91. The number of carboxylic acids is 1. The zero-order chi connectivity index (χ0) is 13.0. The molecule has 0 bridgehead atoms. The van der Waals surface area contributed by atoms with Crippen molar-refractivity contribution in [3.63, 3.8) is 0 Å². The molecule has 0 aliphatic rings. The van der Waals surface area contributed by atoms with Crippen LogP contribution in [0.15, 0.2) is 18.2 Å². The van der Waals surface area contributed by atoms with Crippen molar-refractivity contribution >= 4 is 17.9 Å². The fourth-order valence-corrected chi connectivity index (χ4v) is 1.34. The zero-order valence-electron chi connectivity index (χ0n) is 9.22. The van der Waals surface area contributed by atoms with E-state index in [4.69, 9.17) is 5.11 Å². The summed E-state index contributed by atoms with van der Waals surface area (Å²) in [5, 5.41) is 9.02. The number of carbonyl (C=O) groups is 3. The van der Waals surface area contributed by atoms with Crippen molar-refractivity contribution in [2.75, 3.05) is 14.2 Å². The lowest BCUT2D eigenvalue weighted by atomic mass is 10.0. The molecule has 0 fully saturated rings. The number of ether oxygens (including phenoxy) is 2. The number of hydrogen-bond donors (Lipinski definition) is 1. The van der Waals surface area contributed by atoms with E-state index in [1.807, 2.05) is 0 Å². The molecule has 6 nitrogen and oxygen atoms in total. The van der Waals surface area contributed by atoms with Gasteiger partial charge in [0.05, 0.1) is 30.9 Å². The minimum Gasteiger partial charge on any atom is -0.478 e. The predicted octanol–water partition coefficient (Wildman–Crippen LogP) is 0.958. The summed E-state index contributed by atoms with van der Waals surface area (Å²) in [6.45, 7) is 0. The fraction of sp³-hybridized carbons (Fsp3) is 0.182. The van der Waals surface area contributed by atoms with Gasteiger partial charge in [0.2, 0.25) is 0 Å². The van der Waals surface area contributed by atoms with E-state index in [0.29, 0.717) is 0 Å². The molecule has 1 N–H and O–H groups in total. The summed E-state index contributed by atoms with van der Waals surface area (Å²) in [6.07, 6.45) is 0. The smallest absolute Gasteiger partial charge is 0.338 e. The Bertz CT molecular complexity index is 443. The van der Waals surface area contributed by atoms with Gasteiger partial charge in [0.15, 0.2) is 0 Å². The molecule has 90 valence electrons. The van der Waals surface area contributed by atoms with Crippen LogP contribution in [0.1, 0.15) is 31.1 Å². The van der Waals surface area contributed by atoms with Crippen LogP contribution in [0.3, 0.4) is 0 Å². The highest BCUT2D eigenvalue weighted by atomic mass is 16.5. The Balaban J connectivity index is 3.48. The molecule has 1 aromatic carbocycles. The average Bonchev–Trinajstić information content (AvgIpc) is 2.35. The van der Waals surface area contributed by atoms with Gasteiger partial charge in [-0.15, -0.1) is 0 Å². The van der Waals surface area contributed by atoms with Gasteiger partial charge < -0.3 is 14.6 Å². The van der Waals surface area contributed by atoms with Gasteiger partial charge in [0.1, 0.15) is 0 Å².